The third-order valence-corrected chi connectivity index (χ3v) is 2.94. The molecular formula is C13H19NO3. The third kappa shape index (κ3) is 2.58. The second-order valence-corrected chi connectivity index (χ2v) is 3.78. The molecule has 17 heavy (non-hydrogen) atoms. The molecule has 1 rings (SSSR count). The molecule has 0 heterocycles. The molecule has 0 aliphatic heterocycles. The van der Waals surface area contributed by atoms with Crippen LogP contribution in [0.15, 0.2) is 24.3 Å². The van der Waals surface area contributed by atoms with Gasteiger partial charge in [0.05, 0.1) is 6.61 Å². The van der Waals surface area contributed by atoms with Crippen LogP contribution in [-0.4, -0.2) is 24.7 Å². The maximum absolute atomic E-state index is 12.1. The maximum Gasteiger partial charge on any atom is 0.330 e. The SMILES string of the molecule is CCOC(=O)C(CC)(NC)c1ccc(O)cc1. The lowest BCUT2D eigenvalue weighted by atomic mass is 9.87. The second-order valence-electron chi connectivity index (χ2n) is 3.78. The first-order valence-corrected chi connectivity index (χ1v) is 5.76. The highest BCUT2D eigenvalue weighted by Gasteiger charge is 2.38. The van der Waals surface area contributed by atoms with Gasteiger partial charge in [0.1, 0.15) is 11.3 Å². The summed E-state index contributed by atoms with van der Waals surface area (Å²) in [6.07, 6.45) is 0.576. The lowest BCUT2D eigenvalue weighted by Crippen LogP contribution is -2.48. The highest BCUT2D eigenvalue weighted by Crippen LogP contribution is 2.27. The van der Waals surface area contributed by atoms with Crippen molar-refractivity contribution in [2.45, 2.75) is 25.8 Å². The summed E-state index contributed by atoms with van der Waals surface area (Å²) < 4.78 is 5.11. The fourth-order valence-corrected chi connectivity index (χ4v) is 1.89. The monoisotopic (exact) mass is 237 g/mol. The van der Waals surface area contributed by atoms with E-state index < -0.39 is 5.54 Å². The van der Waals surface area contributed by atoms with E-state index in [-0.39, 0.29) is 11.7 Å². The van der Waals surface area contributed by atoms with Crippen molar-refractivity contribution in [1.29, 1.82) is 0 Å². The van der Waals surface area contributed by atoms with Gasteiger partial charge in [0, 0.05) is 0 Å². The Labute approximate surface area is 102 Å². The molecule has 0 radical (unpaired) electrons. The Morgan fingerprint density at radius 1 is 1.35 bits per heavy atom. The molecule has 94 valence electrons. The van der Waals surface area contributed by atoms with E-state index >= 15 is 0 Å². The summed E-state index contributed by atoms with van der Waals surface area (Å²) >= 11 is 0. The largest absolute Gasteiger partial charge is 0.508 e. The quantitative estimate of drug-likeness (QED) is 0.766. The first kappa shape index (κ1) is 13.5. The minimum Gasteiger partial charge on any atom is -0.508 e. The van der Waals surface area contributed by atoms with Crippen LogP contribution in [-0.2, 0) is 15.1 Å². The van der Waals surface area contributed by atoms with Gasteiger partial charge in [-0.1, -0.05) is 19.1 Å². The smallest absolute Gasteiger partial charge is 0.330 e. The minimum absolute atomic E-state index is 0.179. The minimum atomic E-state index is -0.844. The lowest BCUT2D eigenvalue weighted by molar-refractivity contribution is -0.151. The van der Waals surface area contributed by atoms with Gasteiger partial charge in [0.15, 0.2) is 0 Å². The molecule has 0 amide bonds. The molecule has 0 aliphatic rings. The number of carbonyl (C=O) groups excluding carboxylic acids is 1. The lowest BCUT2D eigenvalue weighted by Gasteiger charge is -2.30. The Hall–Kier alpha value is -1.55. The van der Waals surface area contributed by atoms with E-state index in [4.69, 9.17) is 4.74 Å². The molecule has 1 unspecified atom stereocenters. The molecule has 0 spiro atoms. The number of carbonyl (C=O) groups is 1. The number of nitrogens with one attached hydrogen (secondary N) is 1. The Morgan fingerprint density at radius 2 is 1.94 bits per heavy atom. The summed E-state index contributed by atoms with van der Waals surface area (Å²) in [4.78, 5) is 12.1. The molecule has 4 heteroatoms. The number of esters is 1. The van der Waals surface area contributed by atoms with Crippen molar-refractivity contribution < 1.29 is 14.6 Å². The number of likely N-dealkylation sites (N-methyl/N-ethyl adjacent to an activating group) is 1. The summed E-state index contributed by atoms with van der Waals surface area (Å²) in [5.41, 5.74) is -0.0530. The van der Waals surface area contributed by atoms with Gasteiger partial charge in [-0.3, -0.25) is 0 Å². The molecule has 0 fully saturated rings. The van der Waals surface area contributed by atoms with Crippen LogP contribution in [0.4, 0.5) is 0 Å². The van der Waals surface area contributed by atoms with Crippen LogP contribution in [0, 0.1) is 0 Å². The number of benzene rings is 1. The first-order valence-electron chi connectivity index (χ1n) is 5.76. The van der Waals surface area contributed by atoms with E-state index in [1.165, 1.54) is 0 Å². The number of hydrogen-bond acceptors (Lipinski definition) is 4. The van der Waals surface area contributed by atoms with Crippen LogP contribution in [0.1, 0.15) is 25.8 Å². The van der Waals surface area contributed by atoms with Gasteiger partial charge < -0.3 is 15.2 Å². The molecule has 1 aromatic carbocycles. The normalized spacial score (nSPS) is 14.1. The number of phenolic OH excluding ortho intramolecular Hbond substituents is 1. The molecule has 4 nitrogen and oxygen atoms in total. The van der Waals surface area contributed by atoms with Crippen molar-refractivity contribution in [3.8, 4) is 5.75 Å². The van der Waals surface area contributed by atoms with Gasteiger partial charge in [0.2, 0.25) is 0 Å². The number of phenols is 1. The van der Waals surface area contributed by atoms with E-state index in [0.717, 1.165) is 5.56 Å². The molecular weight excluding hydrogens is 218 g/mol. The number of hydrogen-bond donors (Lipinski definition) is 2. The first-order chi connectivity index (χ1) is 8.10. The van der Waals surface area contributed by atoms with Crippen molar-refractivity contribution >= 4 is 5.97 Å². The average molecular weight is 237 g/mol. The van der Waals surface area contributed by atoms with E-state index in [2.05, 4.69) is 5.32 Å². The van der Waals surface area contributed by atoms with Crippen molar-refractivity contribution in [3.05, 3.63) is 29.8 Å². The molecule has 1 atom stereocenters. The summed E-state index contributed by atoms with van der Waals surface area (Å²) in [5, 5.41) is 12.3. The van der Waals surface area contributed by atoms with Gasteiger partial charge in [-0.25, -0.2) is 4.79 Å². The predicted molar refractivity (Wildman–Crippen MR) is 65.8 cm³/mol. The molecule has 0 aromatic heterocycles. The van der Waals surface area contributed by atoms with Crippen LogP contribution >= 0.6 is 0 Å². The molecule has 1 aromatic rings. The van der Waals surface area contributed by atoms with E-state index in [0.29, 0.717) is 13.0 Å². The van der Waals surface area contributed by atoms with Crippen molar-refractivity contribution in [3.63, 3.8) is 0 Å². The maximum atomic E-state index is 12.1. The molecule has 0 bridgehead atoms. The number of ether oxygens (including phenoxy) is 1. The van der Waals surface area contributed by atoms with E-state index in [1.807, 2.05) is 6.92 Å². The van der Waals surface area contributed by atoms with Gasteiger partial charge in [-0.15, -0.1) is 0 Å². The zero-order valence-electron chi connectivity index (χ0n) is 10.5. The fraction of sp³-hybridized carbons (Fsp3) is 0.462. The fourth-order valence-electron chi connectivity index (χ4n) is 1.89. The van der Waals surface area contributed by atoms with Crippen molar-refractivity contribution in [2.75, 3.05) is 13.7 Å². The highest BCUT2D eigenvalue weighted by atomic mass is 16.5. The summed E-state index contributed by atoms with van der Waals surface area (Å²) in [6, 6.07) is 6.59. The van der Waals surface area contributed by atoms with Gasteiger partial charge in [-0.05, 0) is 38.1 Å². The number of rotatable bonds is 5. The van der Waals surface area contributed by atoms with Crippen molar-refractivity contribution in [1.82, 2.24) is 5.32 Å². The zero-order chi connectivity index (χ0) is 12.9. The van der Waals surface area contributed by atoms with Crippen LogP contribution < -0.4 is 5.32 Å². The van der Waals surface area contributed by atoms with Crippen LogP contribution in [0.25, 0.3) is 0 Å². The van der Waals surface area contributed by atoms with Crippen LogP contribution in [0.5, 0.6) is 5.75 Å². The summed E-state index contributed by atoms with van der Waals surface area (Å²) in [5.74, 6) is -0.116. The summed E-state index contributed by atoms with van der Waals surface area (Å²) in [6.45, 7) is 4.05. The predicted octanol–water partition coefficient (Wildman–Crippen LogP) is 1.78. The Kier molecular flexibility index (Phi) is 4.52. The molecule has 0 saturated carbocycles. The highest BCUT2D eigenvalue weighted by molar-refractivity contribution is 5.82. The van der Waals surface area contributed by atoms with Gasteiger partial charge >= 0.3 is 5.97 Å². The Balaban J connectivity index is 3.14. The Morgan fingerprint density at radius 3 is 2.35 bits per heavy atom. The van der Waals surface area contributed by atoms with Crippen LogP contribution in [0.3, 0.4) is 0 Å². The Bertz CT molecular complexity index is 369. The van der Waals surface area contributed by atoms with Gasteiger partial charge in [-0.2, -0.15) is 0 Å². The molecule has 0 saturated heterocycles. The average Bonchev–Trinajstić information content (AvgIpc) is 2.34. The van der Waals surface area contributed by atoms with Crippen molar-refractivity contribution in [2.24, 2.45) is 0 Å². The summed E-state index contributed by atoms with van der Waals surface area (Å²) in [7, 11) is 1.73. The van der Waals surface area contributed by atoms with E-state index in [1.54, 1.807) is 38.2 Å². The second kappa shape index (κ2) is 5.68. The molecule has 2 N–H and O–H groups in total. The number of aromatic hydroxyl groups is 1. The molecule has 0 aliphatic carbocycles. The van der Waals surface area contributed by atoms with E-state index in [9.17, 15) is 9.90 Å². The van der Waals surface area contributed by atoms with Crippen LogP contribution in [0.2, 0.25) is 0 Å². The topological polar surface area (TPSA) is 58.6 Å². The van der Waals surface area contributed by atoms with Gasteiger partial charge in [0.25, 0.3) is 0 Å². The standard InChI is InChI=1S/C13H19NO3/c1-4-13(14-3,12(16)17-5-2)10-6-8-11(15)9-7-10/h6-9,14-15H,4-5H2,1-3H3. The third-order valence-electron chi connectivity index (χ3n) is 2.94. The zero-order valence-corrected chi connectivity index (χ0v) is 10.5.